The Balaban J connectivity index is 1.76. The molecular weight excluding hydrogens is 304 g/mol. The van der Waals surface area contributed by atoms with Crippen molar-refractivity contribution in [2.24, 2.45) is 11.8 Å². The van der Waals surface area contributed by atoms with Gasteiger partial charge in [0.25, 0.3) is 0 Å². The Morgan fingerprint density at radius 2 is 1.78 bits per heavy atom. The molecule has 23 heavy (non-hydrogen) atoms. The van der Waals surface area contributed by atoms with E-state index in [1.807, 2.05) is 0 Å². The predicted octanol–water partition coefficient (Wildman–Crippen LogP) is 3.61. The van der Waals surface area contributed by atoms with Crippen molar-refractivity contribution in [3.63, 3.8) is 0 Å². The number of rotatable bonds is 8. The average Bonchev–Trinajstić information content (AvgIpc) is 3.34. The second-order valence-electron chi connectivity index (χ2n) is 6.95. The average molecular weight is 335 g/mol. The number of fused-ring (bicyclic) bond motifs is 1. The van der Waals surface area contributed by atoms with Crippen LogP contribution in [0.2, 0.25) is 6.04 Å². The van der Waals surface area contributed by atoms with Crippen LogP contribution in [0.1, 0.15) is 40.0 Å². The summed E-state index contributed by atoms with van der Waals surface area (Å²) in [4.78, 5) is 0. The van der Waals surface area contributed by atoms with E-state index in [0.717, 1.165) is 12.0 Å². The molecule has 1 aliphatic heterocycles. The number of hydrogen-bond acceptors (Lipinski definition) is 3. The van der Waals surface area contributed by atoms with Crippen LogP contribution in [0.15, 0.2) is 30.3 Å². The summed E-state index contributed by atoms with van der Waals surface area (Å²) in [7, 11) is -2.37. The molecule has 2 aliphatic rings. The van der Waals surface area contributed by atoms with Gasteiger partial charge >= 0.3 is 8.56 Å². The number of benzene rings is 1. The summed E-state index contributed by atoms with van der Waals surface area (Å²) in [6.45, 7) is 7.98. The standard InChI is InChI=1S/C19H30O3Si/c1-4-20-23(21-5-2,17-9-7-6-8-10-17)14-15(3)16-11-12-18-19(13-16)22-18/h6-10,15-16,18-19H,4-5,11-14H2,1-3H3. The van der Waals surface area contributed by atoms with E-state index in [1.165, 1.54) is 24.4 Å². The molecule has 128 valence electrons. The van der Waals surface area contributed by atoms with Gasteiger partial charge in [0.05, 0.1) is 12.2 Å². The van der Waals surface area contributed by atoms with E-state index >= 15 is 0 Å². The van der Waals surface area contributed by atoms with Gasteiger partial charge in [-0.25, -0.2) is 0 Å². The van der Waals surface area contributed by atoms with E-state index in [9.17, 15) is 0 Å². The molecule has 0 bridgehead atoms. The SMILES string of the molecule is CCO[Si](CC(C)C1CCC2OC2C1)(OCC)c1ccccc1. The van der Waals surface area contributed by atoms with Gasteiger partial charge in [-0.05, 0) is 56.2 Å². The van der Waals surface area contributed by atoms with Gasteiger partial charge in [0.1, 0.15) is 0 Å². The fraction of sp³-hybridized carbons (Fsp3) is 0.684. The van der Waals surface area contributed by atoms with Crippen molar-refractivity contribution in [3.05, 3.63) is 30.3 Å². The number of ether oxygens (including phenoxy) is 1. The zero-order valence-electron chi connectivity index (χ0n) is 14.7. The molecule has 4 heteroatoms. The minimum absolute atomic E-state index is 0.545. The van der Waals surface area contributed by atoms with Crippen LogP contribution in [0, 0.1) is 11.8 Å². The topological polar surface area (TPSA) is 31.0 Å². The summed E-state index contributed by atoms with van der Waals surface area (Å²) in [5, 5.41) is 1.27. The molecule has 3 rings (SSSR count). The van der Waals surface area contributed by atoms with E-state index in [-0.39, 0.29) is 0 Å². The summed E-state index contributed by atoms with van der Waals surface area (Å²) < 4.78 is 18.4. The van der Waals surface area contributed by atoms with Crippen LogP contribution in [0.3, 0.4) is 0 Å². The summed E-state index contributed by atoms with van der Waals surface area (Å²) in [5.41, 5.74) is 0. The Labute approximate surface area is 141 Å². The smallest absolute Gasteiger partial charge is 0.372 e. The molecule has 4 unspecified atom stereocenters. The minimum atomic E-state index is -2.37. The first kappa shape index (κ1) is 17.2. The summed E-state index contributed by atoms with van der Waals surface area (Å²) in [6, 6.07) is 11.7. The predicted molar refractivity (Wildman–Crippen MR) is 95.1 cm³/mol. The third kappa shape index (κ3) is 3.87. The lowest BCUT2D eigenvalue weighted by atomic mass is 9.82. The van der Waals surface area contributed by atoms with E-state index in [2.05, 4.69) is 51.1 Å². The first-order chi connectivity index (χ1) is 11.2. The Kier molecular flexibility index (Phi) is 5.57. The van der Waals surface area contributed by atoms with E-state index in [0.29, 0.717) is 31.3 Å². The lowest BCUT2D eigenvalue weighted by molar-refractivity contribution is 0.181. The monoisotopic (exact) mass is 334 g/mol. The van der Waals surface area contributed by atoms with Gasteiger partial charge in [-0.1, -0.05) is 37.3 Å². The van der Waals surface area contributed by atoms with Gasteiger partial charge in [-0.2, -0.15) is 0 Å². The van der Waals surface area contributed by atoms with Crippen LogP contribution in [0.4, 0.5) is 0 Å². The van der Waals surface area contributed by atoms with E-state index < -0.39 is 8.56 Å². The van der Waals surface area contributed by atoms with Crippen molar-refractivity contribution in [2.75, 3.05) is 13.2 Å². The van der Waals surface area contributed by atoms with Gasteiger partial charge in [0.15, 0.2) is 0 Å². The van der Waals surface area contributed by atoms with Gasteiger partial charge in [-0.15, -0.1) is 0 Å². The highest BCUT2D eigenvalue weighted by molar-refractivity contribution is 6.81. The molecule has 1 saturated heterocycles. The molecule has 3 nitrogen and oxygen atoms in total. The third-order valence-electron chi connectivity index (χ3n) is 5.41. The number of hydrogen-bond donors (Lipinski definition) is 0. The maximum Gasteiger partial charge on any atom is 0.372 e. The fourth-order valence-corrected chi connectivity index (χ4v) is 7.85. The van der Waals surface area contributed by atoms with Crippen molar-refractivity contribution in [1.82, 2.24) is 0 Å². The molecule has 1 aromatic carbocycles. The van der Waals surface area contributed by atoms with Gasteiger partial charge in [0.2, 0.25) is 0 Å². The first-order valence-electron chi connectivity index (χ1n) is 9.17. The number of epoxide rings is 1. The molecular formula is C19H30O3Si. The van der Waals surface area contributed by atoms with Crippen molar-refractivity contribution in [3.8, 4) is 0 Å². The Bertz CT molecular complexity index is 487. The Morgan fingerprint density at radius 1 is 1.09 bits per heavy atom. The van der Waals surface area contributed by atoms with Crippen molar-refractivity contribution in [1.29, 1.82) is 0 Å². The van der Waals surface area contributed by atoms with Crippen LogP contribution in [0.5, 0.6) is 0 Å². The molecule has 0 amide bonds. The highest BCUT2D eigenvalue weighted by Crippen LogP contribution is 2.43. The quantitative estimate of drug-likeness (QED) is 0.537. The third-order valence-corrected chi connectivity index (χ3v) is 9.31. The highest BCUT2D eigenvalue weighted by Gasteiger charge is 2.48. The van der Waals surface area contributed by atoms with Crippen LogP contribution in [-0.2, 0) is 13.6 Å². The molecule has 1 aromatic rings. The van der Waals surface area contributed by atoms with Crippen molar-refractivity contribution >= 4 is 13.7 Å². The largest absolute Gasteiger partial charge is 0.391 e. The second-order valence-corrected chi connectivity index (χ2v) is 10.0. The lowest BCUT2D eigenvalue weighted by Crippen LogP contribution is -2.55. The van der Waals surface area contributed by atoms with Gasteiger partial charge in [0, 0.05) is 13.2 Å². The highest BCUT2D eigenvalue weighted by atomic mass is 28.4. The molecule has 0 aromatic heterocycles. The van der Waals surface area contributed by atoms with Crippen molar-refractivity contribution in [2.45, 2.75) is 58.3 Å². The maximum absolute atomic E-state index is 6.34. The maximum atomic E-state index is 6.34. The zero-order chi connectivity index (χ0) is 16.3. The molecule has 4 atom stereocenters. The fourth-order valence-electron chi connectivity index (χ4n) is 4.14. The van der Waals surface area contributed by atoms with E-state index in [1.54, 1.807) is 0 Å². The second kappa shape index (κ2) is 7.47. The zero-order valence-corrected chi connectivity index (χ0v) is 15.7. The van der Waals surface area contributed by atoms with Crippen LogP contribution < -0.4 is 5.19 Å². The Morgan fingerprint density at radius 3 is 2.39 bits per heavy atom. The van der Waals surface area contributed by atoms with E-state index in [4.69, 9.17) is 13.6 Å². The first-order valence-corrected chi connectivity index (χ1v) is 11.2. The van der Waals surface area contributed by atoms with Gasteiger partial charge in [-0.3, -0.25) is 0 Å². The Hall–Kier alpha value is -0.683. The molecule has 1 aliphatic carbocycles. The van der Waals surface area contributed by atoms with Crippen LogP contribution in [-0.4, -0.2) is 34.0 Å². The summed E-state index contributed by atoms with van der Waals surface area (Å²) >= 11 is 0. The molecule has 0 spiro atoms. The molecule has 0 N–H and O–H groups in total. The lowest BCUT2D eigenvalue weighted by Gasteiger charge is -2.35. The molecule has 1 heterocycles. The summed E-state index contributed by atoms with van der Waals surface area (Å²) in [6.07, 6.45) is 4.88. The minimum Gasteiger partial charge on any atom is -0.391 e. The van der Waals surface area contributed by atoms with Crippen molar-refractivity contribution < 1.29 is 13.6 Å². The normalized spacial score (nSPS) is 28.2. The molecule has 1 saturated carbocycles. The molecule has 2 fully saturated rings. The van der Waals surface area contributed by atoms with Gasteiger partial charge < -0.3 is 13.6 Å². The van der Waals surface area contributed by atoms with Crippen LogP contribution in [0.25, 0.3) is 0 Å². The van der Waals surface area contributed by atoms with Crippen LogP contribution >= 0.6 is 0 Å². The summed E-state index contributed by atoms with van der Waals surface area (Å²) in [5.74, 6) is 1.36. The molecule has 0 radical (unpaired) electrons.